The van der Waals surface area contributed by atoms with Crippen LogP contribution in [0.15, 0.2) is 141 Å². The van der Waals surface area contributed by atoms with Gasteiger partial charge in [-0.2, -0.15) is 0 Å². The van der Waals surface area contributed by atoms with E-state index >= 15 is 0 Å². The summed E-state index contributed by atoms with van der Waals surface area (Å²) in [5, 5.41) is 0. The lowest BCUT2D eigenvalue weighted by Gasteiger charge is -2.21. The van der Waals surface area contributed by atoms with Crippen molar-refractivity contribution < 1.29 is 0 Å². The van der Waals surface area contributed by atoms with Crippen LogP contribution in [0.5, 0.6) is 0 Å². The van der Waals surface area contributed by atoms with Crippen LogP contribution in [0.3, 0.4) is 0 Å². The van der Waals surface area contributed by atoms with Crippen LogP contribution in [0, 0.1) is 0 Å². The molecule has 4 aromatic carbocycles. The van der Waals surface area contributed by atoms with Crippen molar-refractivity contribution in [1.82, 2.24) is 9.97 Å². The van der Waals surface area contributed by atoms with Crippen LogP contribution in [-0.2, 0) is 10.8 Å². The third kappa shape index (κ3) is 13.5. The number of hydrogen-bond acceptors (Lipinski definition) is 6. The Morgan fingerprint density at radius 2 is 0.588 bits per heavy atom. The number of aliphatic imine (C=N–C) groups is 4. The minimum absolute atomic E-state index is 0.0271. The van der Waals surface area contributed by atoms with E-state index in [2.05, 4.69) is 190 Å². The molecule has 0 fully saturated rings. The van der Waals surface area contributed by atoms with Crippen molar-refractivity contribution in [3.05, 3.63) is 177 Å². The highest BCUT2D eigenvalue weighted by Crippen LogP contribution is 2.37. The molecule has 6 aromatic rings. The summed E-state index contributed by atoms with van der Waals surface area (Å²) in [6.07, 6.45) is 0. The topological polar surface area (TPSA) is 75.2 Å². The zero-order valence-electron chi connectivity index (χ0n) is 44.5. The lowest BCUT2D eigenvalue weighted by atomic mass is 9.86. The monoisotopic (exact) mass is 907 g/mol. The molecule has 68 heavy (non-hydrogen) atoms. The van der Waals surface area contributed by atoms with Gasteiger partial charge < -0.3 is 0 Å². The molecule has 356 valence electrons. The van der Waals surface area contributed by atoms with Gasteiger partial charge in [0.05, 0.1) is 68.4 Å². The zero-order valence-corrected chi connectivity index (χ0v) is 44.5. The van der Waals surface area contributed by atoms with E-state index in [4.69, 9.17) is 29.9 Å². The maximum atomic E-state index is 5.15. The van der Waals surface area contributed by atoms with Gasteiger partial charge in [0.15, 0.2) is 0 Å². The quantitative estimate of drug-likeness (QED) is 0.115. The molecule has 6 rings (SSSR count). The molecular formula is C62H78N6. The van der Waals surface area contributed by atoms with Crippen LogP contribution < -0.4 is 0 Å². The van der Waals surface area contributed by atoms with E-state index in [1.165, 1.54) is 33.4 Å². The highest BCUT2D eigenvalue weighted by atomic mass is 14.9. The number of rotatable bonds is 12. The fourth-order valence-electron chi connectivity index (χ4n) is 8.29. The number of benzene rings is 4. The Labute approximate surface area is 410 Å². The molecule has 6 heteroatoms. The highest BCUT2D eigenvalue weighted by molar-refractivity contribution is 6.03. The van der Waals surface area contributed by atoms with Gasteiger partial charge in [-0.3, -0.25) is 20.0 Å². The Bertz CT molecular complexity index is 2560. The summed E-state index contributed by atoms with van der Waals surface area (Å²) in [5.74, 6) is 1.61. The zero-order chi connectivity index (χ0) is 50.1. The van der Waals surface area contributed by atoms with Crippen molar-refractivity contribution >= 4 is 45.6 Å². The molecular weight excluding hydrogens is 829 g/mol. The Hall–Kier alpha value is -6.14. The normalized spacial score (nSPS) is 13.1. The van der Waals surface area contributed by atoms with Crippen molar-refractivity contribution in [3.63, 3.8) is 0 Å². The first-order chi connectivity index (χ1) is 32.0. The van der Waals surface area contributed by atoms with E-state index in [1.54, 1.807) is 0 Å². The van der Waals surface area contributed by atoms with Crippen molar-refractivity contribution in [2.75, 3.05) is 0 Å². The average Bonchev–Trinajstić information content (AvgIpc) is 3.28. The van der Waals surface area contributed by atoms with E-state index in [-0.39, 0.29) is 10.8 Å². The Morgan fingerprint density at radius 3 is 0.853 bits per heavy atom. The summed E-state index contributed by atoms with van der Waals surface area (Å²) in [6, 6.07) is 42.0. The number of para-hydroxylation sites is 4. The van der Waals surface area contributed by atoms with Gasteiger partial charge in [-0.05, 0) is 132 Å². The molecule has 0 aliphatic carbocycles. The summed E-state index contributed by atoms with van der Waals surface area (Å²) in [7, 11) is 0. The smallest absolute Gasteiger partial charge is 0.0849 e. The third-order valence-corrected chi connectivity index (χ3v) is 12.2. The second-order valence-electron chi connectivity index (χ2n) is 21.3. The van der Waals surface area contributed by atoms with Gasteiger partial charge >= 0.3 is 0 Å². The van der Waals surface area contributed by atoms with Crippen LogP contribution in [0.1, 0.15) is 204 Å². The van der Waals surface area contributed by atoms with Gasteiger partial charge in [-0.1, -0.05) is 182 Å². The minimum Gasteiger partial charge on any atom is -0.251 e. The number of hydrogen-bond donors (Lipinski definition) is 0. The molecule has 2 aromatic heterocycles. The summed E-state index contributed by atoms with van der Waals surface area (Å²) >= 11 is 0. The predicted molar refractivity (Wildman–Crippen MR) is 295 cm³/mol. The van der Waals surface area contributed by atoms with Gasteiger partial charge in [0.2, 0.25) is 0 Å². The van der Waals surface area contributed by atoms with Gasteiger partial charge in [-0.25, -0.2) is 9.97 Å². The largest absolute Gasteiger partial charge is 0.251 e. The van der Waals surface area contributed by atoms with Crippen molar-refractivity contribution in [3.8, 4) is 0 Å². The third-order valence-electron chi connectivity index (χ3n) is 12.2. The molecule has 0 saturated carbocycles. The Morgan fingerprint density at radius 1 is 0.338 bits per heavy atom. The van der Waals surface area contributed by atoms with E-state index in [0.29, 0.717) is 23.7 Å². The molecule has 0 aliphatic rings. The molecule has 0 N–H and O–H groups in total. The SMILES string of the molecule is CC(=Nc1c(C(C)C)cccc1C(C)C)c1cccc(C(C)=Nc2c(C(C)C)cccc2C(C)C)n1.CC(=Nc1ccccc1C(C)(C)C)c1cccc(C(C)=Nc2ccccc2C(C)(C)C)n1. The predicted octanol–water partition coefficient (Wildman–Crippen LogP) is 17.8. The van der Waals surface area contributed by atoms with E-state index in [1.807, 2.05) is 56.3 Å². The van der Waals surface area contributed by atoms with Crippen LogP contribution >= 0.6 is 0 Å². The first-order valence-electron chi connectivity index (χ1n) is 24.6. The fraction of sp³-hybridized carbons (Fsp3) is 0.387. The minimum atomic E-state index is 0.0271. The first kappa shape index (κ1) is 52.8. The first-order valence-corrected chi connectivity index (χ1v) is 24.6. The average molecular weight is 907 g/mol. The number of nitrogens with zero attached hydrogens (tertiary/aromatic N) is 6. The summed E-state index contributed by atoms with van der Waals surface area (Å²) in [5.41, 5.74) is 18.9. The summed E-state index contributed by atoms with van der Waals surface area (Å²) in [4.78, 5) is 30.1. The van der Waals surface area contributed by atoms with E-state index < -0.39 is 0 Å². The molecule has 0 unspecified atom stereocenters. The van der Waals surface area contributed by atoms with Crippen LogP contribution in [-0.4, -0.2) is 32.8 Å². The summed E-state index contributed by atoms with van der Waals surface area (Å²) < 4.78 is 0. The maximum absolute atomic E-state index is 5.15. The van der Waals surface area contributed by atoms with Crippen molar-refractivity contribution in [1.29, 1.82) is 0 Å². The standard InChI is InChI=1S/C33H43N3.C29H35N3/c1-20(2)26-14-11-15-27(21(3)4)32(26)34-24(9)30-18-13-19-31(36-30)25(10)35-33-28(22(5)6)16-12-17-29(33)23(7)8;1-20(30-26-16-11-9-14-22(26)28(3,4)5)24-18-13-19-25(32-24)21(2)31-27-17-12-10-15-23(27)29(6,7)8/h11-23H,1-10H3;9-19H,1-8H3. The molecule has 0 amide bonds. The van der Waals surface area contributed by atoms with E-state index in [9.17, 15) is 0 Å². The molecule has 6 nitrogen and oxygen atoms in total. The van der Waals surface area contributed by atoms with Crippen LogP contribution in [0.2, 0.25) is 0 Å². The molecule has 0 spiro atoms. The fourth-order valence-corrected chi connectivity index (χ4v) is 8.29. The molecule has 2 heterocycles. The second kappa shape index (κ2) is 22.8. The lowest BCUT2D eigenvalue weighted by molar-refractivity contribution is 0.591. The molecule has 0 saturated heterocycles. The van der Waals surface area contributed by atoms with Crippen molar-refractivity contribution in [2.45, 2.75) is 159 Å². The second-order valence-corrected chi connectivity index (χ2v) is 21.3. The van der Waals surface area contributed by atoms with Crippen LogP contribution in [0.4, 0.5) is 22.7 Å². The molecule has 0 bridgehead atoms. The lowest BCUT2D eigenvalue weighted by Crippen LogP contribution is -2.12. The summed E-state index contributed by atoms with van der Waals surface area (Å²) in [6.45, 7) is 39.3. The van der Waals surface area contributed by atoms with E-state index in [0.717, 1.165) is 68.4 Å². The molecule has 0 atom stereocenters. The number of aromatic nitrogens is 2. The van der Waals surface area contributed by atoms with Gasteiger partial charge in [-0.15, -0.1) is 0 Å². The van der Waals surface area contributed by atoms with Crippen molar-refractivity contribution in [2.24, 2.45) is 20.0 Å². The Kier molecular flexibility index (Phi) is 17.7. The Balaban J connectivity index is 0.000000256. The maximum Gasteiger partial charge on any atom is 0.0849 e. The van der Waals surface area contributed by atoms with Gasteiger partial charge in [0.1, 0.15) is 0 Å². The van der Waals surface area contributed by atoms with Gasteiger partial charge in [0.25, 0.3) is 0 Å². The number of pyridine rings is 2. The highest BCUT2D eigenvalue weighted by Gasteiger charge is 2.20. The molecule has 0 radical (unpaired) electrons. The van der Waals surface area contributed by atoms with Gasteiger partial charge in [0, 0.05) is 0 Å². The molecule has 0 aliphatic heterocycles. The van der Waals surface area contributed by atoms with Crippen LogP contribution in [0.25, 0.3) is 0 Å².